The number of rotatable bonds is 5. The van der Waals surface area contributed by atoms with Gasteiger partial charge in [-0.2, -0.15) is 5.26 Å². The monoisotopic (exact) mass is 228 g/mol. The highest BCUT2D eigenvalue weighted by Crippen LogP contribution is 2.32. The van der Waals surface area contributed by atoms with Crippen molar-refractivity contribution in [2.24, 2.45) is 11.8 Å². The Morgan fingerprint density at radius 2 is 1.93 bits per heavy atom. The minimum Gasteiger partial charge on any atom is -0.313 e. The molecule has 1 saturated heterocycles. The molecule has 5 heteroatoms. The molecule has 1 aliphatic rings. The molecule has 15 heavy (non-hydrogen) atoms. The second-order valence-electron chi connectivity index (χ2n) is 4.08. The van der Waals surface area contributed by atoms with E-state index in [0.717, 1.165) is 6.42 Å². The number of nitriles is 1. The number of hydrogen-bond acceptors (Lipinski definition) is 4. The van der Waals surface area contributed by atoms with E-state index in [-0.39, 0.29) is 23.3 Å². The van der Waals surface area contributed by atoms with Gasteiger partial charge >= 0.3 is 0 Å². The Morgan fingerprint density at radius 1 is 1.33 bits per heavy atom. The van der Waals surface area contributed by atoms with E-state index in [0.29, 0.717) is 19.3 Å². The molecule has 1 aliphatic heterocycles. The maximum absolute atomic E-state index is 11.4. The molecule has 0 aromatic heterocycles. The molecular weight excluding hydrogens is 212 g/mol. The number of sulfone groups is 1. The van der Waals surface area contributed by atoms with Gasteiger partial charge in [0.05, 0.1) is 17.6 Å². The first-order valence-electron chi connectivity index (χ1n) is 5.15. The summed E-state index contributed by atoms with van der Waals surface area (Å²) in [4.78, 5) is 0. The van der Waals surface area contributed by atoms with Crippen molar-refractivity contribution in [1.82, 2.24) is 0 Å². The van der Waals surface area contributed by atoms with Gasteiger partial charge in [0, 0.05) is 6.42 Å². The van der Waals surface area contributed by atoms with Gasteiger partial charge < -0.3 is 5.41 Å². The highest BCUT2D eigenvalue weighted by atomic mass is 32.2. The molecule has 0 amide bonds. The molecule has 0 radical (unpaired) electrons. The molecule has 2 atom stereocenters. The Labute approximate surface area is 90.7 Å². The van der Waals surface area contributed by atoms with E-state index in [1.807, 2.05) is 0 Å². The van der Waals surface area contributed by atoms with E-state index in [9.17, 15) is 8.42 Å². The van der Waals surface area contributed by atoms with Crippen molar-refractivity contribution >= 4 is 16.1 Å². The first kappa shape index (κ1) is 12.2. The average molecular weight is 228 g/mol. The van der Waals surface area contributed by atoms with Crippen molar-refractivity contribution in [2.75, 3.05) is 11.5 Å². The summed E-state index contributed by atoms with van der Waals surface area (Å²) in [6, 6.07) is 2.06. The molecule has 2 unspecified atom stereocenters. The molecule has 1 rings (SSSR count). The Hall–Kier alpha value is -0.890. The number of hydrogen-bond donors (Lipinski definition) is 1. The molecule has 0 saturated carbocycles. The van der Waals surface area contributed by atoms with Crippen LogP contribution >= 0.6 is 0 Å². The zero-order valence-corrected chi connectivity index (χ0v) is 9.46. The number of nitrogens with one attached hydrogen (secondary N) is 1. The molecular formula is C10H16N2O2S. The van der Waals surface area contributed by atoms with E-state index in [1.165, 1.54) is 6.21 Å². The second kappa shape index (κ2) is 5.26. The van der Waals surface area contributed by atoms with Crippen LogP contribution in [0, 0.1) is 28.6 Å². The van der Waals surface area contributed by atoms with E-state index in [2.05, 4.69) is 6.07 Å². The third-order valence-corrected chi connectivity index (χ3v) is 4.78. The van der Waals surface area contributed by atoms with Crippen LogP contribution in [0.4, 0.5) is 0 Å². The minimum atomic E-state index is -2.89. The smallest absolute Gasteiger partial charge is 0.150 e. The molecule has 84 valence electrons. The quantitative estimate of drug-likeness (QED) is 0.722. The molecule has 0 aliphatic carbocycles. The van der Waals surface area contributed by atoms with Crippen LogP contribution in [-0.2, 0) is 9.84 Å². The van der Waals surface area contributed by atoms with Crippen molar-refractivity contribution < 1.29 is 8.42 Å². The third kappa shape index (κ3) is 3.63. The van der Waals surface area contributed by atoms with Crippen molar-refractivity contribution in [2.45, 2.75) is 25.7 Å². The summed E-state index contributed by atoms with van der Waals surface area (Å²) in [5, 5.41) is 15.4. The van der Waals surface area contributed by atoms with Crippen LogP contribution < -0.4 is 0 Å². The Bertz CT molecular complexity index is 356. The van der Waals surface area contributed by atoms with E-state index in [1.54, 1.807) is 0 Å². The van der Waals surface area contributed by atoms with E-state index < -0.39 is 9.84 Å². The fraction of sp³-hybridized carbons (Fsp3) is 0.800. The van der Waals surface area contributed by atoms with Crippen LogP contribution in [0.2, 0.25) is 0 Å². The van der Waals surface area contributed by atoms with Crippen molar-refractivity contribution in [3.63, 3.8) is 0 Å². The van der Waals surface area contributed by atoms with Gasteiger partial charge in [-0.05, 0) is 37.3 Å². The van der Waals surface area contributed by atoms with Crippen LogP contribution in [0.5, 0.6) is 0 Å². The highest BCUT2D eigenvalue weighted by Gasteiger charge is 2.36. The normalized spacial score (nSPS) is 28.5. The fourth-order valence-corrected chi connectivity index (χ4v) is 4.50. The lowest BCUT2D eigenvalue weighted by molar-refractivity contribution is 0.381. The molecule has 0 spiro atoms. The summed E-state index contributed by atoms with van der Waals surface area (Å²) in [6.45, 7) is 0. The van der Waals surface area contributed by atoms with Crippen molar-refractivity contribution in [3.8, 4) is 6.07 Å². The van der Waals surface area contributed by atoms with Gasteiger partial charge in [0.1, 0.15) is 0 Å². The van der Waals surface area contributed by atoms with Gasteiger partial charge in [0.2, 0.25) is 0 Å². The first-order chi connectivity index (χ1) is 7.09. The molecule has 0 aromatic carbocycles. The maximum atomic E-state index is 11.4. The first-order valence-corrected chi connectivity index (χ1v) is 6.97. The summed E-state index contributed by atoms with van der Waals surface area (Å²) in [5.74, 6) is 0.772. The van der Waals surface area contributed by atoms with E-state index >= 15 is 0 Å². The topological polar surface area (TPSA) is 81.8 Å². The van der Waals surface area contributed by atoms with Crippen LogP contribution in [0.3, 0.4) is 0 Å². The molecule has 1 N–H and O–H groups in total. The van der Waals surface area contributed by atoms with Crippen molar-refractivity contribution in [1.29, 1.82) is 10.7 Å². The third-order valence-electron chi connectivity index (χ3n) is 2.91. The zero-order chi connectivity index (χ0) is 11.3. The van der Waals surface area contributed by atoms with Gasteiger partial charge in [-0.25, -0.2) is 8.42 Å². The second-order valence-corrected chi connectivity index (χ2v) is 6.23. The summed E-state index contributed by atoms with van der Waals surface area (Å²) < 4.78 is 22.9. The standard InChI is InChI=1S/C10H16N2O2S/c11-5-1-3-9-7-15(13,14)8-10(9)4-2-6-12/h5,9-11H,1-4,7-8H2. The van der Waals surface area contributed by atoms with Crippen LogP contribution in [0.15, 0.2) is 0 Å². The average Bonchev–Trinajstić information content (AvgIpc) is 2.47. The lowest BCUT2D eigenvalue weighted by Crippen LogP contribution is -2.12. The summed E-state index contributed by atoms with van der Waals surface area (Å²) in [7, 11) is -2.89. The molecule has 1 fully saturated rings. The predicted molar refractivity (Wildman–Crippen MR) is 58.5 cm³/mol. The van der Waals surface area contributed by atoms with Crippen molar-refractivity contribution in [3.05, 3.63) is 0 Å². The van der Waals surface area contributed by atoms with Gasteiger partial charge in [-0.3, -0.25) is 0 Å². The largest absolute Gasteiger partial charge is 0.313 e. The Morgan fingerprint density at radius 3 is 2.47 bits per heavy atom. The summed E-state index contributed by atoms with van der Waals surface area (Å²) in [6.07, 6.45) is 3.84. The SMILES string of the molecule is N#CCCC1CS(=O)(=O)CC1CCC=N. The maximum Gasteiger partial charge on any atom is 0.150 e. The zero-order valence-electron chi connectivity index (χ0n) is 8.65. The van der Waals surface area contributed by atoms with Crippen LogP contribution in [0.1, 0.15) is 25.7 Å². The van der Waals surface area contributed by atoms with E-state index in [4.69, 9.17) is 10.7 Å². The van der Waals surface area contributed by atoms with Crippen LogP contribution in [0.25, 0.3) is 0 Å². The van der Waals surface area contributed by atoms with Gasteiger partial charge in [0.25, 0.3) is 0 Å². The molecule has 0 aromatic rings. The predicted octanol–water partition coefficient (Wildman–Crippen LogP) is 1.38. The van der Waals surface area contributed by atoms with Gasteiger partial charge in [0.15, 0.2) is 9.84 Å². The highest BCUT2D eigenvalue weighted by molar-refractivity contribution is 7.91. The van der Waals surface area contributed by atoms with Gasteiger partial charge in [-0.15, -0.1) is 0 Å². The lowest BCUT2D eigenvalue weighted by atomic mass is 9.88. The number of nitrogens with zero attached hydrogens (tertiary/aromatic N) is 1. The van der Waals surface area contributed by atoms with Crippen LogP contribution in [-0.4, -0.2) is 26.1 Å². The lowest BCUT2D eigenvalue weighted by Gasteiger charge is -2.14. The summed E-state index contributed by atoms with van der Waals surface area (Å²) in [5.41, 5.74) is 0. The molecule has 0 bridgehead atoms. The van der Waals surface area contributed by atoms with Gasteiger partial charge in [-0.1, -0.05) is 0 Å². The molecule has 4 nitrogen and oxygen atoms in total. The molecule has 1 heterocycles. The summed E-state index contributed by atoms with van der Waals surface area (Å²) >= 11 is 0. The Kier molecular flexibility index (Phi) is 4.28. The minimum absolute atomic E-state index is 0.134. The fourth-order valence-electron chi connectivity index (χ4n) is 2.18. The Balaban J connectivity index is 2.58.